The van der Waals surface area contributed by atoms with Gasteiger partial charge in [-0.1, -0.05) is 121 Å². The van der Waals surface area contributed by atoms with Gasteiger partial charge in [0.25, 0.3) is 0 Å². The molecule has 0 bridgehead atoms. The first kappa shape index (κ1) is 30.7. The van der Waals surface area contributed by atoms with Crippen LogP contribution in [0.5, 0.6) is 0 Å². The summed E-state index contributed by atoms with van der Waals surface area (Å²) in [5.74, 6) is 1.87. The maximum atomic E-state index is 5.05. The lowest BCUT2D eigenvalue weighted by Crippen LogP contribution is -2.00. The SMILES string of the molecule is Cc1cccc(-c2ccc(-c3cc(-c4ccc(-c5cccc(C)n5)cc4)cc(-c4nc(-c5ccccc5)nc(-c5ccccc5)n4)c3)cc2)n1. The summed E-state index contributed by atoms with van der Waals surface area (Å²) in [6, 6.07) is 56.1. The Bertz CT molecular complexity index is 2260. The molecule has 0 aliphatic carbocycles. The van der Waals surface area contributed by atoms with Gasteiger partial charge >= 0.3 is 0 Å². The third-order valence-electron chi connectivity index (χ3n) is 8.70. The molecule has 5 nitrogen and oxygen atoms in total. The number of rotatable bonds is 7. The molecule has 8 rings (SSSR count). The van der Waals surface area contributed by atoms with Gasteiger partial charge < -0.3 is 0 Å². The van der Waals surface area contributed by atoms with Crippen molar-refractivity contribution in [3.8, 4) is 78.9 Å². The van der Waals surface area contributed by atoms with E-state index in [1.54, 1.807) is 0 Å². The molecule has 0 amide bonds. The van der Waals surface area contributed by atoms with Crippen LogP contribution in [0.15, 0.2) is 164 Å². The normalized spacial score (nSPS) is 11.0. The van der Waals surface area contributed by atoms with Gasteiger partial charge in [0.15, 0.2) is 17.5 Å². The molecule has 0 fully saturated rings. The molecule has 5 heteroatoms. The van der Waals surface area contributed by atoms with Crippen molar-refractivity contribution in [3.63, 3.8) is 0 Å². The molecule has 3 aromatic heterocycles. The number of aryl methyl sites for hydroxylation is 2. The minimum atomic E-state index is 0.613. The molecule has 0 radical (unpaired) electrons. The zero-order valence-corrected chi connectivity index (χ0v) is 27.8. The van der Waals surface area contributed by atoms with Crippen LogP contribution < -0.4 is 0 Å². The minimum absolute atomic E-state index is 0.613. The lowest BCUT2D eigenvalue weighted by Gasteiger charge is -2.13. The maximum absolute atomic E-state index is 5.05. The lowest BCUT2D eigenvalue weighted by molar-refractivity contribution is 1.07. The second-order valence-electron chi connectivity index (χ2n) is 12.3. The lowest BCUT2D eigenvalue weighted by atomic mass is 9.94. The Hall–Kier alpha value is -6.59. The molecular weight excluding hydrogens is 611 g/mol. The second-order valence-corrected chi connectivity index (χ2v) is 12.3. The summed E-state index contributed by atoms with van der Waals surface area (Å²) in [5.41, 5.74) is 13.1. The summed E-state index contributed by atoms with van der Waals surface area (Å²) in [6.07, 6.45) is 0. The first-order valence-electron chi connectivity index (χ1n) is 16.7. The summed E-state index contributed by atoms with van der Waals surface area (Å²) >= 11 is 0. The monoisotopic (exact) mass is 643 g/mol. The highest BCUT2D eigenvalue weighted by atomic mass is 15.0. The van der Waals surface area contributed by atoms with Crippen molar-refractivity contribution in [1.82, 2.24) is 24.9 Å². The fraction of sp³-hybridized carbons (Fsp3) is 0.0444. The van der Waals surface area contributed by atoms with E-state index < -0.39 is 0 Å². The molecule has 5 aromatic carbocycles. The van der Waals surface area contributed by atoms with Gasteiger partial charge in [0.1, 0.15) is 0 Å². The zero-order chi connectivity index (χ0) is 33.9. The Morgan fingerprint density at radius 2 is 0.620 bits per heavy atom. The van der Waals surface area contributed by atoms with E-state index in [2.05, 4.69) is 66.7 Å². The predicted octanol–water partition coefficient (Wildman–Crippen LogP) is 10.9. The summed E-state index contributed by atoms with van der Waals surface area (Å²) in [6.45, 7) is 4.03. The van der Waals surface area contributed by atoms with Gasteiger partial charge in [-0.25, -0.2) is 15.0 Å². The number of hydrogen-bond donors (Lipinski definition) is 0. The average molecular weight is 644 g/mol. The highest BCUT2D eigenvalue weighted by Gasteiger charge is 2.15. The molecule has 50 heavy (non-hydrogen) atoms. The fourth-order valence-corrected chi connectivity index (χ4v) is 6.10. The molecule has 3 heterocycles. The van der Waals surface area contributed by atoms with E-state index in [1.165, 1.54) is 0 Å². The van der Waals surface area contributed by atoms with Gasteiger partial charge in [0.05, 0.1) is 11.4 Å². The molecule has 0 atom stereocenters. The maximum Gasteiger partial charge on any atom is 0.164 e. The third kappa shape index (κ3) is 6.58. The first-order chi connectivity index (χ1) is 24.6. The number of nitrogens with zero attached hydrogens (tertiary/aromatic N) is 5. The van der Waals surface area contributed by atoms with E-state index in [1.807, 2.05) is 111 Å². The van der Waals surface area contributed by atoms with Crippen molar-refractivity contribution in [2.24, 2.45) is 0 Å². The molecule has 0 saturated heterocycles. The second kappa shape index (κ2) is 13.5. The van der Waals surface area contributed by atoms with E-state index in [9.17, 15) is 0 Å². The van der Waals surface area contributed by atoms with Crippen molar-refractivity contribution in [2.75, 3.05) is 0 Å². The number of hydrogen-bond acceptors (Lipinski definition) is 5. The highest BCUT2D eigenvalue weighted by Crippen LogP contribution is 2.35. The van der Waals surface area contributed by atoms with Crippen molar-refractivity contribution >= 4 is 0 Å². The zero-order valence-electron chi connectivity index (χ0n) is 27.8. The summed E-state index contributed by atoms with van der Waals surface area (Å²) in [7, 11) is 0. The van der Waals surface area contributed by atoms with E-state index in [0.29, 0.717) is 17.5 Å². The van der Waals surface area contributed by atoms with E-state index in [4.69, 9.17) is 24.9 Å². The van der Waals surface area contributed by atoms with Crippen molar-refractivity contribution in [1.29, 1.82) is 0 Å². The summed E-state index contributed by atoms with van der Waals surface area (Å²) in [4.78, 5) is 24.5. The Balaban J connectivity index is 1.27. The van der Waals surface area contributed by atoms with E-state index in [-0.39, 0.29) is 0 Å². The largest absolute Gasteiger partial charge is 0.253 e. The van der Waals surface area contributed by atoms with Gasteiger partial charge in [-0.2, -0.15) is 0 Å². The van der Waals surface area contributed by atoms with Crippen LogP contribution in [0.2, 0.25) is 0 Å². The van der Waals surface area contributed by atoms with Gasteiger partial charge in [-0.15, -0.1) is 0 Å². The van der Waals surface area contributed by atoms with Crippen LogP contribution >= 0.6 is 0 Å². The Labute approximate surface area is 292 Å². The van der Waals surface area contributed by atoms with Crippen LogP contribution in [-0.2, 0) is 0 Å². The Kier molecular flexibility index (Phi) is 8.29. The Morgan fingerprint density at radius 1 is 0.260 bits per heavy atom. The fourth-order valence-electron chi connectivity index (χ4n) is 6.10. The Morgan fingerprint density at radius 3 is 1.02 bits per heavy atom. The molecule has 0 aliphatic heterocycles. The van der Waals surface area contributed by atoms with Crippen LogP contribution in [0.3, 0.4) is 0 Å². The van der Waals surface area contributed by atoms with Crippen molar-refractivity contribution < 1.29 is 0 Å². The highest BCUT2D eigenvalue weighted by molar-refractivity contribution is 5.82. The van der Waals surface area contributed by atoms with Gasteiger partial charge in [0, 0.05) is 39.2 Å². The van der Waals surface area contributed by atoms with Gasteiger partial charge in [-0.05, 0) is 78.6 Å². The topological polar surface area (TPSA) is 64.5 Å². The smallest absolute Gasteiger partial charge is 0.164 e. The number of aromatic nitrogens is 5. The van der Waals surface area contributed by atoms with Crippen LogP contribution in [0.1, 0.15) is 11.4 Å². The average Bonchev–Trinajstić information content (AvgIpc) is 3.18. The van der Waals surface area contributed by atoms with E-state index >= 15 is 0 Å². The third-order valence-corrected chi connectivity index (χ3v) is 8.70. The molecule has 8 aromatic rings. The molecule has 0 aliphatic rings. The van der Waals surface area contributed by atoms with E-state index in [0.717, 1.165) is 72.8 Å². The molecule has 0 spiro atoms. The van der Waals surface area contributed by atoms with Crippen LogP contribution in [0, 0.1) is 13.8 Å². The standard InChI is InChI=1S/C45H33N5/c1-30-11-9-17-41(46-30)34-23-19-32(20-24-34)38-27-39(33-21-25-35(26-22-33)42-18-10-12-31(2)47-42)29-40(28-38)45-49-43(36-13-5-3-6-14-36)48-44(50-45)37-15-7-4-8-16-37/h3-29H,1-2H3. The minimum Gasteiger partial charge on any atom is -0.253 e. The van der Waals surface area contributed by atoms with Crippen LogP contribution in [-0.4, -0.2) is 24.9 Å². The van der Waals surface area contributed by atoms with Crippen molar-refractivity contribution in [3.05, 3.63) is 175 Å². The quantitative estimate of drug-likeness (QED) is 0.173. The molecular formula is C45H33N5. The van der Waals surface area contributed by atoms with Crippen LogP contribution in [0.4, 0.5) is 0 Å². The van der Waals surface area contributed by atoms with Crippen molar-refractivity contribution in [2.45, 2.75) is 13.8 Å². The molecule has 0 N–H and O–H groups in total. The van der Waals surface area contributed by atoms with Gasteiger partial charge in [-0.3, -0.25) is 9.97 Å². The van der Waals surface area contributed by atoms with Crippen LogP contribution in [0.25, 0.3) is 78.9 Å². The molecule has 0 saturated carbocycles. The predicted molar refractivity (Wildman–Crippen MR) is 203 cm³/mol. The molecule has 0 unspecified atom stereocenters. The van der Waals surface area contributed by atoms with Gasteiger partial charge in [0.2, 0.25) is 0 Å². The summed E-state index contributed by atoms with van der Waals surface area (Å²) < 4.78 is 0. The first-order valence-corrected chi connectivity index (χ1v) is 16.7. The molecule has 238 valence electrons. The number of pyridine rings is 2. The summed E-state index contributed by atoms with van der Waals surface area (Å²) in [5, 5.41) is 0. The number of benzene rings is 5.